The molecule has 0 radical (unpaired) electrons. The van der Waals surface area contributed by atoms with Crippen LogP contribution >= 0.6 is 43.2 Å². The normalized spacial score (nSPS) is 12.6. The molecule has 6 heteroatoms. The molecule has 0 saturated heterocycles. The van der Waals surface area contributed by atoms with Crippen molar-refractivity contribution in [1.29, 1.82) is 0 Å². The molecule has 0 spiro atoms. The fourth-order valence-electron chi connectivity index (χ4n) is 2.13. The summed E-state index contributed by atoms with van der Waals surface area (Å²) in [5.41, 5.74) is 1.45. The summed E-state index contributed by atoms with van der Waals surface area (Å²) in [7, 11) is 0. The molecule has 0 aliphatic heterocycles. The first kappa shape index (κ1) is 17.1. The summed E-state index contributed by atoms with van der Waals surface area (Å²) in [5, 5.41) is 3.40. The number of halogens is 4. The summed E-state index contributed by atoms with van der Waals surface area (Å²) in [5.74, 6) is -1.56. The van der Waals surface area contributed by atoms with Crippen LogP contribution in [0.3, 0.4) is 0 Å². The zero-order valence-corrected chi connectivity index (χ0v) is 15.4. The van der Waals surface area contributed by atoms with Gasteiger partial charge >= 0.3 is 0 Å². The Hall–Kier alpha value is -0.300. The Morgan fingerprint density at radius 2 is 2.05 bits per heavy atom. The Kier molecular flexibility index (Phi) is 6.34. The monoisotopic (exact) mass is 437 g/mol. The second kappa shape index (κ2) is 7.81. The summed E-state index contributed by atoms with van der Waals surface area (Å²) in [4.78, 5) is 0. The van der Waals surface area contributed by atoms with E-state index >= 15 is 0 Å². The first-order valence-electron chi connectivity index (χ1n) is 6.64. The minimum atomic E-state index is -0.799. The second-order valence-electron chi connectivity index (χ2n) is 4.70. The van der Waals surface area contributed by atoms with Gasteiger partial charge in [-0.3, -0.25) is 0 Å². The average Bonchev–Trinajstić information content (AvgIpc) is 2.78. The van der Waals surface area contributed by atoms with Crippen LogP contribution in [-0.4, -0.2) is 6.54 Å². The molecule has 2 aromatic rings. The molecule has 0 fully saturated rings. The summed E-state index contributed by atoms with van der Waals surface area (Å²) in [6, 6.07) is 6.28. The quantitative estimate of drug-likeness (QED) is 0.597. The third kappa shape index (κ3) is 4.34. The van der Waals surface area contributed by atoms with Gasteiger partial charge in [0.15, 0.2) is 11.6 Å². The van der Waals surface area contributed by atoms with Crippen LogP contribution in [0.4, 0.5) is 8.78 Å². The first-order chi connectivity index (χ1) is 10.0. The van der Waals surface area contributed by atoms with Gasteiger partial charge in [0.1, 0.15) is 0 Å². The standard InChI is InChI=1S/C15H15Br2F2NS/c1-2-6-20-12(10-8-13(16)21-15(10)17)7-9-4-3-5-11(18)14(9)19/h3-5,8,12,20H,2,6-7H2,1H3. The SMILES string of the molecule is CCCNC(Cc1cccc(F)c1F)c1cc(Br)sc1Br. The van der Waals surface area contributed by atoms with Crippen molar-refractivity contribution in [2.45, 2.75) is 25.8 Å². The van der Waals surface area contributed by atoms with Gasteiger partial charge in [-0.2, -0.15) is 0 Å². The number of benzene rings is 1. The zero-order valence-electron chi connectivity index (χ0n) is 11.4. The minimum Gasteiger partial charge on any atom is -0.310 e. The maximum Gasteiger partial charge on any atom is 0.162 e. The second-order valence-corrected chi connectivity index (χ2v) is 8.45. The molecule has 1 nitrogen and oxygen atoms in total. The Balaban J connectivity index is 2.28. The molecule has 1 aromatic heterocycles. The summed E-state index contributed by atoms with van der Waals surface area (Å²) in [6.45, 7) is 2.90. The van der Waals surface area contributed by atoms with Gasteiger partial charge in [0.2, 0.25) is 0 Å². The fraction of sp³-hybridized carbons (Fsp3) is 0.333. The lowest BCUT2D eigenvalue weighted by Crippen LogP contribution is -2.24. The maximum absolute atomic E-state index is 13.9. The molecule has 1 N–H and O–H groups in total. The van der Waals surface area contributed by atoms with Gasteiger partial charge in [-0.25, -0.2) is 8.78 Å². The molecule has 0 saturated carbocycles. The predicted octanol–water partition coefficient (Wildman–Crippen LogP) is 5.83. The van der Waals surface area contributed by atoms with E-state index < -0.39 is 11.6 Å². The van der Waals surface area contributed by atoms with Crippen LogP contribution in [0.5, 0.6) is 0 Å². The Morgan fingerprint density at radius 1 is 1.29 bits per heavy atom. The topological polar surface area (TPSA) is 12.0 Å². The van der Waals surface area contributed by atoms with Gasteiger partial charge in [-0.05, 0) is 74.5 Å². The van der Waals surface area contributed by atoms with Gasteiger partial charge in [0, 0.05) is 6.04 Å². The van der Waals surface area contributed by atoms with E-state index in [1.165, 1.54) is 0 Å². The fourth-order valence-corrected chi connectivity index (χ4v) is 5.10. The van der Waals surface area contributed by atoms with Crippen molar-refractivity contribution in [2.75, 3.05) is 6.54 Å². The van der Waals surface area contributed by atoms with Crippen LogP contribution in [0.25, 0.3) is 0 Å². The van der Waals surface area contributed by atoms with E-state index in [0.717, 1.165) is 32.2 Å². The Labute approximate surface area is 144 Å². The molecule has 1 heterocycles. The van der Waals surface area contributed by atoms with E-state index in [-0.39, 0.29) is 6.04 Å². The van der Waals surface area contributed by atoms with Gasteiger partial charge in [-0.1, -0.05) is 19.1 Å². The lowest BCUT2D eigenvalue weighted by atomic mass is 10.0. The maximum atomic E-state index is 13.9. The van der Waals surface area contributed by atoms with Crippen LogP contribution in [0, 0.1) is 11.6 Å². The van der Waals surface area contributed by atoms with E-state index in [4.69, 9.17) is 0 Å². The largest absolute Gasteiger partial charge is 0.310 e. The highest BCUT2D eigenvalue weighted by molar-refractivity contribution is 9.12. The van der Waals surface area contributed by atoms with Crippen molar-refractivity contribution in [3.05, 3.63) is 54.6 Å². The molecule has 1 atom stereocenters. The molecule has 0 aliphatic carbocycles. The Bertz CT molecular complexity index is 616. The molecule has 2 rings (SSSR count). The molecule has 0 aliphatic rings. The van der Waals surface area contributed by atoms with Gasteiger partial charge in [0.05, 0.1) is 7.57 Å². The van der Waals surface area contributed by atoms with Gasteiger partial charge in [-0.15, -0.1) is 11.3 Å². The zero-order chi connectivity index (χ0) is 15.4. The number of hydrogen-bond donors (Lipinski definition) is 1. The summed E-state index contributed by atoms with van der Waals surface area (Å²) < 4.78 is 29.2. The molecular weight excluding hydrogens is 424 g/mol. The van der Waals surface area contributed by atoms with Crippen molar-refractivity contribution in [3.8, 4) is 0 Å². The van der Waals surface area contributed by atoms with E-state index in [0.29, 0.717) is 12.0 Å². The highest BCUT2D eigenvalue weighted by Crippen LogP contribution is 2.37. The van der Waals surface area contributed by atoms with Crippen molar-refractivity contribution < 1.29 is 8.78 Å². The third-order valence-corrected chi connectivity index (χ3v) is 5.54. The van der Waals surface area contributed by atoms with Gasteiger partial charge in [0.25, 0.3) is 0 Å². The minimum absolute atomic E-state index is 0.0572. The van der Waals surface area contributed by atoms with Crippen LogP contribution < -0.4 is 5.32 Å². The number of hydrogen-bond acceptors (Lipinski definition) is 2. The van der Waals surface area contributed by atoms with Crippen molar-refractivity contribution in [3.63, 3.8) is 0 Å². The number of rotatable bonds is 6. The molecule has 1 unspecified atom stereocenters. The summed E-state index contributed by atoms with van der Waals surface area (Å²) >= 11 is 8.57. The van der Waals surface area contributed by atoms with Gasteiger partial charge < -0.3 is 5.32 Å². The van der Waals surface area contributed by atoms with Crippen LogP contribution in [0.15, 0.2) is 31.8 Å². The van der Waals surface area contributed by atoms with Crippen LogP contribution in [0.2, 0.25) is 0 Å². The van der Waals surface area contributed by atoms with Crippen LogP contribution in [0.1, 0.15) is 30.5 Å². The molecule has 0 bridgehead atoms. The van der Waals surface area contributed by atoms with E-state index in [1.54, 1.807) is 23.5 Å². The lowest BCUT2D eigenvalue weighted by molar-refractivity contribution is 0.477. The van der Waals surface area contributed by atoms with E-state index in [1.807, 2.05) is 6.07 Å². The molecule has 114 valence electrons. The summed E-state index contributed by atoms with van der Waals surface area (Å²) in [6.07, 6.45) is 1.39. The molecule has 1 aromatic carbocycles. The lowest BCUT2D eigenvalue weighted by Gasteiger charge is -2.19. The predicted molar refractivity (Wildman–Crippen MR) is 90.8 cm³/mol. The van der Waals surface area contributed by atoms with Crippen LogP contribution in [-0.2, 0) is 6.42 Å². The molecule has 21 heavy (non-hydrogen) atoms. The molecule has 0 amide bonds. The van der Waals surface area contributed by atoms with Crippen molar-refractivity contribution in [2.24, 2.45) is 0 Å². The number of nitrogens with one attached hydrogen (secondary N) is 1. The third-order valence-electron chi connectivity index (χ3n) is 3.15. The smallest absolute Gasteiger partial charge is 0.162 e. The van der Waals surface area contributed by atoms with E-state index in [9.17, 15) is 8.78 Å². The first-order valence-corrected chi connectivity index (χ1v) is 9.04. The number of thiophene rings is 1. The Morgan fingerprint density at radius 3 is 2.67 bits per heavy atom. The van der Waals surface area contributed by atoms with E-state index in [2.05, 4.69) is 44.1 Å². The van der Waals surface area contributed by atoms with Crippen molar-refractivity contribution in [1.82, 2.24) is 5.32 Å². The molecular formula is C15H15Br2F2NS. The van der Waals surface area contributed by atoms with Crippen molar-refractivity contribution >= 4 is 43.2 Å². The highest BCUT2D eigenvalue weighted by atomic mass is 79.9. The average molecular weight is 439 g/mol. The highest BCUT2D eigenvalue weighted by Gasteiger charge is 2.19.